The number of hydrogen-bond acceptors (Lipinski definition) is 6. The Morgan fingerprint density at radius 1 is 1.33 bits per heavy atom. The summed E-state index contributed by atoms with van der Waals surface area (Å²) in [5.41, 5.74) is -0.0606. The molecule has 3 amide bonds. The Morgan fingerprint density at radius 3 is 2.57 bits per heavy atom. The Labute approximate surface area is 171 Å². The van der Waals surface area contributed by atoms with Crippen LogP contribution >= 0.6 is 0 Å². The van der Waals surface area contributed by atoms with Gasteiger partial charge in [0.1, 0.15) is 12.3 Å². The Balaban J connectivity index is 2.63. The number of carbonyl (C=O) groups is 3. The van der Waals surface area contributed by atoms with Gasteiger partial charge in [0, 0.05) is 32.6 Å². The smallest absolute Gasteiger partial charge is 0.394 e. The van der Waals surface area contributed by atoms with Crippen molar-refractivity contribution < 1.29 is 42.5 Å². The number of aliphatic hydroxyl groups excluding tert-OH is 2. The van der Waals surface area contributed by atoms with Gasteiger partial charge >= 0.3 is 18.1 Å². The van der Waals surface area contributed by atoms with E-state index in [1.165, 1.54) is 7.05 Å². The third-order valence-corrected chi connectivity index (χ3v) is 4.05. The van der Waals surface area contributed by atoms with Gasteiger partial charge < -0.3 is 25.6 Å². The molecule has 0 spiro atoms. The maximum atomic E-state index is 12.1. The Kier molecular flexibility index (Phi) is 10.3. The predicted molar refractivity (Wildman–Crippen MR) is 97.5 cm³/mol. The number of unbranched alkanes of at least 4 members (excludes halogenated alkanes) is 2. The van der Waals surface area contributed by atoms with Crippen LogP contribution in [0.1, 0.15) is 25.7 Å². The maximum absolute atomic E-state index is 12.1. The Bertz CT molecular complexity index is 702. The summed E-state index contributed by atoms with van der Waals surface area (Å²) in [6.07, 6.45) is -5.19. The van der Waals surface area contributed by atoms with Crippen LogP contribution in [0.15, 0.2) is 11.8 Å². The van der Waals surface area contributed by atoms with Crippen molar-refractivity contribution in [2.24, 2.45) is 0 Å². The standard InChI is InChI=1S/C18H24F3N3O6/c1-22-17(29)24(15-8-13(27)14(11-26)30-15)9-12(10-25)6-4-2-3-5-7-23-16(28)18(19,20)21/h9-10,13-15,26-27H,2-3,5,7-8,11H2,1H3,(H,22,29)(H,23,28)/b12-9-/t13-,14+,15+/m0/s1. The van der Waals surface area contributed by atoms with E-state index < -0.39 is 43.2 Å². The third-order valence-electron chi connectivity index (χ3n) is 4.05. The molecular weight excluding hydrogens is 411 g/mol. The second kappa shape index (κ2) is 12.2. The van der Waals surface area contributed by atoms with E-state index in [9.17, 15) is 32.7 Å². The SMILES string of the molecule is CNC(=O)N(/C=C(/C#CCCCCNC(=O)C(F)(F)F)C=O)[C@H]1C[C@H](O)[C@@H](CO)O1. The molecule has 1 aliphatic rings. The lowest BCUT2D eigenvalue weighted by Gasteiger charge is -2.24. The Morgan fingerprint density at radius 2 is 2.03 bits per heavy atom. The van der Waals surface area contributed by atoms with E-state index in [1.54, 1.807) is 5.32 Å². The first-order valence-electron chi connectivity index (χ1n) is 9.09. The summed E-state index contributed by atoms with van der Waals surface area (Å²) in [6.45, 7) is -0.596. The number of nitrogens with zero attached hydrogens (tertiary/aromatic N) is 1. The fraction of sp³-hybridized carbons (Fsp3) is 0.611. The number of nitrogens with one attached hydrogen (secondary N) is 2. The number of halogens is 3. The maximum Gasteiger partial charge on any atom is 0.471 e. The van der Waals surface area contributed by atoms with Crippen LogP contribution in [0, 0.1) is 11.8 Å². The molecule has 0 unspecified atom stereocenters. The zero-order valence-corrected chi connectivity index (χ0v) is 16.2. The number of allylic oxidation sites excluding steroid dienone is 1. The molecule has 12 heteroatoms. The molecule has 0 saturated carbocycles. The minimum atomic E-state index is -4.92. The van der Waals surface area contributed by atoms with Gasteiger partial charge in [-0.15, -0.1) is 0 Å². The summed E-state index contributed by atoms with van der Waals surface area (Å²) in [5.74, 6) is 3.21. The van der Waals surface area contributed by atoms with E-state index in [1.807, 2.05) is 0 Å². The van der Waals surface area contributed by atoms with E-state index in [2.05, 4.69) is 17.2 Å². The van der Waals surface area contributed by atoms with Gasteiger partial charge in [0.05, 0.1) is 18.3 Å². The summed E-state index contributed by atoms with van der Waals surface area (Å²) in [7, 11) is 1.36. The molecule has 0 aliphatic carbocycles. The van der Waals surface area contributed by atoms with Crippen molar-refractivity contribution in [1.82, 2.24) is 15.5 Å². The van der Waals surface area contributed by atoms with E-state index >= 15 is 0 Å². The lowest BCUT2D eigenvalue weighted by atomic mass is 10.2. The van der Waals surface area contributed by atoms with Crippen molar-refractivity contribution in [1.29, 1.82) is 0 Å². The van der Waals surface area contributed by atoms with Crippen molar-refractivity contribution in [3.05, 3.63) is 11.8 Å². The van der Waals surface area contributed by atoms with E-state index in [-0.39, 0.29) is 31.4 Å². The first kappa shape index (κ1) is 25.4. The summed E-state index contributed by atoms with van der Waals surface area (Å²) in [5, 5.41) is 23.1. The number of aliphatic hydroxyl groups is 2. The molecule has 0 bridgehead atoms. The summed E-state index contributed by atoms with van der Waals surface area (Å²) in [6, 6.07) is -0.618. The van der Waals surface area contributed by atoms with Gasteiger partial charge in [0.15, 0.2) is 6.29 Å². The van der Waals surface area contributed by atoms with Crippen molar-refractivity contribution in [2.45, 2.75) is 50.3 Å². The molecule has 1 fully saturated rings. The second-order valence-electron chi connectivity index (χ2n) is 6.29. The molecule has 1 aliphatic heterocycles. The fourth-order valence-electron chi connectivity index (χ4n) is 2.50. The monoisotopic (exact) mass is 435 g/mol. The number of carbonyl (C=O) groups excluding carboxylic acids is 3. The molecule has 168 valence electrons. The molecule has 30 heavy (non-hydrogen) atoms. The molecule has 1 heterocycles. The minimum Gasteiger partial charge on any atom is -0.394 e. The highest BCUT2D eigenvalue weighted by atomic mass is 19.4. The Hall–Kier alpha value is -2.62. The summed E-state index contributed by atoms with van der Waals surface area (Å²) < 4.78 is 41.5. The minimum absolute atomic E-state index is 0.0261. The second-order valence-corrected chi connectivity index (χ2v) is 6.29. The van der Waals surface area contributed by atoms with Gasteiger partial charge in [-0.3, -0.25) is 14.5 Å². The average Bonchev–Trinajstić information content (AvgIpc) is 3.08. The normalized spacial score (nSPS) is 21.4. The highest BCUT2D eigenvalue weighted by Gasteiger charge is 2.38. The zero-order chi connectivity index (χ0) is 22.7. The predicted octanol–water partition coefficient (Wildman–Crippen LogP) is 0.0310. The topological polar surface area (TPSA) is 128 Å². The number of rotatable bonds is 8. The van der Waals surface area contributed by atoms with Crippen LogP contribution in [0.3, 0.4) is 0 Å². The number of aldehydes is 1. The number of amides is 3. The molecule has 0 aromatic carbocycles. The van der Waals surface area contributed by atoms with Crippen LogP contribution in [-0.2, 0) is 14.3 Å². The molecule has 3 atom stereocenters. The van der Waals surface area contributed by atoms with E-state index in [4.69, 9.17) is 9.84 Å². The van der Waals surface area contributed by atoms with Crippen LogP contribution < -0.4 is 10.6 Å². The number of urea groups is 1. The summed E-state index contributed by atoms with van der Waals surface area (Å²) in [4.78, 5) is 35.1. The third kappa shape index (κ3) is 8.02. The van der Waals surface area contributed by atoms with Crippen LogP contribution in [0.4, 0.5) is 18.0 Å². The highest BCUT2D eigenvalue weighted by Crippen LogP contribution is 2.24. The van der Waals surface area contributed by atoms with E-state index in [0.29, 0.717) is 12.7 Å². The molecule has 9 nitrogen and oxygen atoms in total. The highest BCUT2D eigenvalue weighted by molar-refractivity contribution is 5.83. The number of hydrogen-bond donors (Lipinski definition) is 4. The lowest BCUT2D eigenvalue weighted by Crippen LogP contribution is -2.42. The van der Waals surface area contributed by atoms with E-state index in [0.717, 1.165) is 11.1 Å². The van der Waals surface area contributed by atoms with Crippen molar-refractivity contribution in [2.75, 3.05) is 20.2 Å². The van der Waals surface area contributed by atoms with Crippen LogP contribution in [-0.4, -0.2) is 78.1 Å². The van der Waals surface area contributed by atoms with Gasteiger partial charge in [-0.05, 0) is 12.8 Å². The largest absolute Gasteiger partial charge is 0.471 e. The first-order valence-corrected chi connectivity index (χ1v) is 9.09. The number of alkyl halides is 3. The van der Waals surface area contributed by atoms with Crippen molar-refractivity contribution in [3.8, 4) is 11.8 Å². The molecule has 1 rings (SSSR count). The number of ether oxygens (including phenoxy) is 1. The van der Waals surface area contributed by atoms with Crippen LogP contribution in [0.25, 0.3) is 0 Å². The lowest BCUT2D eigenvalue weighted by molar-refractivity contribution is -0.173. The molecule has 0 aromatic rings. The molecule has 0 aromatic heterocycles. The first-order chi connectivity index (χ1) is 14.1. The van der Waals surface area contributed by atoms with Gasteiger partial charge in [-0.1, -0.05) is 11.8 Å². The average molecular weight is 435 g/mol. The molecule has 1 saturated heterocycles. The van der Waals surface area contributed by atoms with Gasteiger partial charge in [-0.25, -0.2) is 4.79 Å². The van der Waals surface area contributed by atoms with Gasteiger partial charge in [0.25, 0.3) is 0 Å². The van der Waals surface area contributed by atoms with Crippen molar-refractivity contribution in [3.63, 3.8) is 0 Å². The molecular formula is C18H24F3N3O6. The zero-order valence-electron chi connectivity index (χ0n) is 16.2. The fourth-order valence-corrected chi connectivity index (χ4v) is 2.50. The summed E-state index contributed by atoms with van der Waals surface area (Å²) >= 11 is 0. The quantitative estimate of drug-likeness (QED) is 0.184. The van der Waals surface area contributed by atoms with Crippen molar-refractivity contribution >= 4 is 18.2 Å². The van der Waals surface area contributed by atoms with Gasteiger partial charge in [0.2, 0.25) is 0 Å². The van der Waals surface area contributed by atoms with Crippen LogP contribution in [0.2, 0.25) is 0 Å². The molecule has 4 N–H and O–H groups in total. The van der Waals surface area contributed by atoms with Gasteiger partial charge in [-0.2, -0.15) is 13.2 Å². The molecule has 0 radical (unpaired) electrons. The van der Waals surface area contributed by atoms with Crippen LogP contribution in [0.5, 0.6) is 0 Å².